The molecule has 0 atom stereocenters. The molecule has 2 aromatic rings. The summed E-state index contributed by atoms with van der Waals surface area (Å²) in [6.07, 6.45) is 3.48. The summed E-state index contributed by atoms with van der Waals surface area (Å²) in [6, 6.07) is 8.45. The Balaban J connectivity index is 0.00000300. The number of halogens is 1. The van der Waals surface area contributed by atoms with Crippen LogP contribution in [0.1, 0.15) is 31.2 Å². The van der Waals surface area contributed by atoms with Gasteiger partial charge >= 0.3 is 0 Å². The third-order valence-electron chi connectivity index (χ3n) is 5.26. The van der Waals surface area contributed by atoms with Gasteiger partial charge in [-0.3, -0.25) is 9.67 Å². The molecule has 1 aromatic heterocycles. The second kappa shape index (κ2) is 11.3. The smallest absolute Gasteiger partial charge is 0.191 e. The van der Waals surface area contributed by atoms with Gasteiger partial charge in [-0.15, -0.1) is 24.0 Å². The lowest BCUT2D eigenvalue weighted by Crippen LogP contribution is -2.48. The summed E-state index contributed by atoms with van der Waals surface area (Å²) in [4.78, 5) is 8.59. The molecule has 9 heteroatoms. The molecule has 2 heterocycles. The predicted molar refractivity (Wildman–Crippen MR) is 124 cm³/mol. The van der Waals surface area contributed by atoms with Crippen LogP contribution in [0, 0.1) is 0 Å². The molecule has 0 unspecified atom stereocenters. The van der Waals surface area contributed by atoms with Gasteiger partial charge in [0.15, 0.2) is 5.96 Å². The SMILES string of the molecule is CCOc1ccc(C2(CNC(=NC)NCc3ncnn3C)CCOCC2)cc1.I. The van der Waals surface area contributed by atoms with E-state index in [2.05, 4.69) is 50.0 Å². The van der Waals surface area contributed by atoms with Gasteiger partial charge in [0.1, 0.15) is 17.9 Å². The minimum absolute atomic E-state index is 0. The molecule has 0 aliphatic carbocycles. The Kier molecular flexibility index (Phi) is 9.15. The fourth-order valence-electron chi connectivity index (χ4n) is 3.52. The fourth-order valence-corrected chi connectivity index (χ4v) is 3.52. The monoisotopic (exact) mass is 514 g/mol. The Morgan fingerprint density at radius 3 is 2.55 bits per heavy atom. The quantitative estimate of drug-likeness (QED) is 0.335. The summed E-state index contributed by atoms with van der Waals surface area (Å²) in [6.45, 7) is 5.54. The molecule has 0 amide bonds. The van der Waals surface area contributed by atoms with Crippen molar-refractivity contribution >= 4 is 29.9 Å². The molecular weight excluding hydrogens is 483 g/mol. The third-order valence-corrected chi connectivity index (χ3v) is 5.26. The van der Waals surface area contributed by atoms with Gasteiger partial charge in [0.2, 0.25) is 0 Å². The zero-order chi connectivity index (χ0) is 19.8. The van der Waals surface area contributed by atoms with Crippen LogP contribution >= 0.6 is 24.0 Å². The zero-order valence-corrected chi connectivity index (χ0v) is 19.7. The third kappa shape index (κ3) is 6.05. The molecule has 0 radical (unpaired) electrons. The van der Waals surface area contributed by atoms with E-state index in [1.807, 2.05) is 14.0 Å². The molecule has 0 spiro atoms. The van der Waals surface area contributed by atoms with Crippen molar-refractivity contribution in [1.29, 1.82) is 0 Å². The Morgan fingerprint density at radius 1 is 1.24 bits per heavy atom. The van der Waals surface area contributed by atoms with Gasteiger partial charge in [0.05, 0.1) is 13.2 Å². The molecular formula is C20H31IN6O2. The van der Waals surface area contributed by atoms with Gasteiger partial charge < -0.3 is 20.1 Å². The summed E-state index contributed by atoms with van der Waals surface area (Å²) in [5.74, 6) is 2.51. The van der Waals surface area contributed by atoms with Crippen molar-refractivity contribution in [2.24, 2.45) is 12.0 Å². The average Bonchev–Trinajstić information content (AvgIpc) is 3.14. The first-order valence-corrected chi connectivity index (χ1v) is 9.75. The van der Waals surface area contributed by atoms with Crippen molar-refractivity contribution in [1.82, 2.24) is 25.4 Å². The molecule has 1 fully saturated rings. The van der Waals surface area contributed by atoms with E-state index in [4.69, 9.17) is 9.47 Å². The summed E-state index contributed by atoms with van der Waals surface area (Å²) in [5.41, 5.74) is 1.31. The Hall–Kier alpha value is -1.88. The number of benzene rings is 1. The van der Waals surface area contributed by atoms with E-state index in [1.165, 1.54) is 5.56 Å². The van der Waals surface area contributed by atoms with Crippen LogP contribution in [0.5, 0.6) is 5.75 Å². The Morgan fingerprint density at radius 2 is 1.97 bits per heavy atom. The molecule has 1 saturated heterocycles. The molecule has 0 bridgehead atoms. The van der Waals surface area contributed by atoms with Crippen LogP contribution in [0.2, 0.25) is 0 Å². The topological polar surface area (TPSA) is 85.6 Å². The van der Waals surface area contributed by atoms with E-state index in [0.717, 1.165) is 50.1 Å². The second-order valence-electron chi connectivity index (χ2n) is 6.93. The highest BCUT2D eigenvalue weighted by Gasteiger charge is 2.34. The molecule has 160 valence electrons. The van der Waals surface area contributed by atoms with E-state index in [9.17, 15) is 0 Å². The fraction of sp³-hybridized carbons (Fsp3) is 0.550. The maximum atomic E-state index is 5.64. The summed E-state index contributed by atoms with van der Waals surface area (Å²) in [5, 5.41) is 10.9. The molecule has 1 aromatic carbocycles. The van der Waals surface area contributed by atoms with Crippen LogP contribution in [0.3, 0.4) is 0 Å². The number of ether oxygens (including phenoxy) is 2. The first-order chi connectivity index (χ1) is 13.7. The molecule has 0 saturated carbocycles. The van der Waals surface area contributed by atoms with Crippen molar-refractivity contribution in [2.45, 2.75) is 31.7 Å². The van der Waals surface area contributed by atoms with Crippen LogP contribution in [-0.4, -0.2) is 54.1 Å². The number of rotatable bonds is 7. The van der Waals surface area contributed by atoms with E-state index >= 15 is 0 Å². The maximum absolute atomic E-state index is 5.64. The molecule has 3 rings (SSSR count). The molecule has 1 aliphatic heterocycles. The van der Waals surface area contributed by atoms with Gasteiger partial charge in [-0.1, -0.05) is 12.1 Å². The lowest BCUT2D eigenvalue weighted by atomic mass is 9.74. The lowest BCUT2D eigenvalue weighted by Gasteiger charge is -2.38. The molecule has 2 N–H and O–H groups in total. The normalized spacial score (nSPS) is 16.0. The average molecular weight is 514 g/mol. The number of guanidine groups is 1. The van der Waals surface area contributed by atoms with E-state index in [1.54, 1.807) is 18.1 Å². The van der Waals surface area contributed by atoms with E-state index in [0.29, 0.717) is 13.2 Å². The first kappa shape index (κ1) is 23.4. The summed E-state index contributed by atoms with van der Waals surface area (Å²) in [7, 11) is 3.66. The maximum Gasteiger partial charge on any atom is 0.191 e. The summed E-state index contributed by atoms with van der Waals surface area (Å²) >= 11 is 0. The first-order valence-electron chi connectivity index (χ1n) is 9.75. The van der Waals surface area contributed by atoms with Gasteiger partial charge in [-0.05, 0) is 37.5 Å². The highest BCUT2D eigenvalue weighted by molar-refractivity contribution is 14.0. The predicted octanol–water partition coefficient (Wildman–Crippen LogP) is 2.25. The van der Waals surface area contributed by atoms with Crippen LogP contribution < -0.4 is 15.4 Å². The largest absolute Gasteiger partial charge is 0.494 e. The molecule has 8 nitrogen and oxygen atoms in total. The minimum Gasteiger partial charge on any atom is -0.494 e. The summed E-state index contributed by atoms with van der Waals surface area (Å²) < 4.78 is 13.0. The van der Waals surface area contributed by atoms with Crippen molar-refractivity contribution in [3.8, 4) is 5.75 Å². The van der Waals surface area contributed by atoms with Crippen molar-refractivity contribution < 1.29 is 9.47 Å². The second-order valence-corrected chi connectivity index (χ2v) is 6.93. The highest BCUT2D eigenvalue weighted by Crippen LogP contribution is 2.35. The lowest BCUT2D eigenvalue weighted by molar-refractivity contribution is 0.0513. The van der Waals surface area contributed by atoms with Crippen LogP contribution in [0.4, 0.5) is 0 Å². The molecule has 29 heavy (non-hydrogen) atoms. The van der Waals surface area contributed by atoms with Crippen LogP contribution in [-0.2, 0) is 23.7 Å². The van der Waals surface area contributed by atoms with Crippen LogP contribution in [0.25, 0.3) is 0 Å². The van der Waals surface area contributed by atoms with Gasteiger partial charge in [0, 0.05) is 39.3 Å². The number of aryl methyl sites for hydroxylation is 1. The number of nitrogens with zero attached hydrogens (tertiary/aromatic N) is 4. The number of hydrogen-bond acceptors (Lipinski definition) is 5. The van der Waals surface area contributed by atoms with Gasteiger partial charge in [-0.2, -0.15) is 5.10 Å². The Bertz CT molecular complexity index is 772. The minimum atomic E-state index is 0. The van der Waals surface area contributed by atoms with Gasteiger partial charge in [0.25, 0.3) is 0 Å². The van der Waals surface area contributed by atoms with Crippen molar-refractivity contribution in [2.75, 3.05) is 33.4 Å². The van der Waals surface area contributed by atoms with Crippen LogP contribution in [0.15, 0.2) is 35.6 Å². The standard InChI is InChI=1S/C20H30N6O2.HI/c1-4-28-17-7-5-16(6-8-17)20(9-11-27-12-10-20)14-23-19(21-2)22-13-18-24-15-25-26(18)3;/h5-8,15H,4,9-14H2,1-3H3,(H2,21,22,23);1H. The van der Waals surface area contributed by atoms with Gasteiger partial charge in [-0.25, -0.2) is 4.98 Å². The zero-order valence-electron chi connectivity index (χ0n) is 17.4. The van der Waals surface area contributed by atoms with E-state index in [-0.39, 0.29) is 29.4 Å². The highest BCUT2D eigenvalue weighted by atomic mass is 127. The van der Waals surface area contributed by atoms with Crippen molar-refractivity contribution in [3.05, 3.63) is 42.0 Å². The number of nitrogens with one attached hydrogen (secondary N) is 2. The number of hydrogen-bond donors (Lipinski definition) is 2. The van der Waals surface area contributed by atoms with E-state index < -0.39 is 0 Å². The van der Waals surface area contributed by atoms with Crippen molar-refractivity contribution in [3.63, 3.8) is 0 Å². The number of aliphatic imine (C=N–C) groups is 1. The Labute approximate surface area is 189 Å². The molecule has 1 aliphatic rings. The number of aromatic nitrogens is 3.